The fourth-order valence-corrected chi connectivity index (χ4v) is 2.25. The van der Waals surface area contributed by atoms with Crippen LogP contribution >= 0.6 is 11.6 Å². The van der Waals surface area contributed by atoms with Crippen molar-refractivity contribution in [1.82, 2.24) is 5.32 Å². The largest absolute Gasteiger partial charge is 0.313 e. The predicted molar refractivity (Wildman–Crippen MR) is 54.7 cm³/mol. The topological polar surface area (TPSA) is 12.0 Å². The molecule has 0 bridgehead atoms. The number of halogens is 1. The van der Waals surface area contributed by atoms with Gasteiger partial charge in [0, 0.05) is 11.9 Å². The SMILES string of the molecule is CC(C)CNC1CCCC1CCl. The number of hydrogen-bond donors (Lipinski definition) is 1. The minimum atomic E-state index is 0.699. The molecule has 1 aliphatic rings. The molecule has 0 heterocycles. The van der Waals surface area contributed by atoms with E-state index in [0.717, 1.165) is 24.3 Å². The fraction of sp³-hybridized carbons (Fsp3) is 1.00. The molecule has 1 saturated carbocycles. The average molecular weight is 190 g/mol. The highest BCUT2D eigenvalue weighted by Gasteiger charge is 2.25. The van der Waals surface area contributed by atoms with E-state index in [1.807, 2.05) is 0 Å². The Hall–Kier alpha value is 0.250. The lowest BCUT2D eigenvalue weighted by atomic mass is 10.1. The molecule has 0 aromatic heterocycles. The van der Waals surface area contributed by atoms with Crippen molar-refractivity contribution >= 4 is 11.6 Å². The number of rotatable bonds is 4. The minimum absolute atomic E-state index is 0.699. The van der Waals surface area contributed by atoms with Gasteiger partial charge in [-0.05, 0) is 31.2 Å². The lowest BCUT2D eigenvalue weighted by Crippen LogP contribution is -2.35. The van der Waals surface area contributed by atoms with Crippen molar-refractivity contribution in [1.29, 1.82) is 0 Å². The zero-order chi connectivity index (χ0) is 8.97. The maximum atomic E-state index is 5.88. The highest BCUT2D eigenvalue weighted by molar-refractivity contribution is 6.18. The van der Waals surface area contributed by atoms with Gasteiger partial charge in [0.25, 0.3) is 0 Å². The number of alkyl halides is 1. The zero-order valence-corrected chi connectivity index (χ0v) is 8.90. The lowest BCUT2D eigenvalue weighted by Gasteiger charge is -2.19. The van der Waals surface area contributed by atoms with E-state index in [1.54, 1.807) is 0 Å². The minimum Gasteiger partial charge on any atom is -0.313 e. The molecule has 0 radical (unpaired) electrons. The maximum absolute atomic E-state index is 5.88. The average Bonchev–Trinajstić information content (AvgIpc) is 2.47. The Morgan fingerprint density at radius 2 is 2.17 bits per heavy atom. The molecule has 1 aliphatic carbocycles. The third kappa shape index (κ3) is 2.95. The van der Waals surface area contributed by atoms with Gasteiger partial charge in [-0.1, -0.05) is 20.3 Å². The van der Waals surface area contributed by atoms with Gasteiger partial charge in [-0.25, -0.2) is 0 Å². The molecule has 1 fully saturated rings. The van der Waals surface area contributed by atoms with Crippen LogP contribution in [0.25, 0.3) is 0 Å². The van der Waals surface area contributed by atoms with Crippen LogP contribution in [0.4, 0.5) is 0 Å². The molecule has 0 aromatic rings. The molecule has 2 unspecified atom stereocenters. The molecular formula is C10H20ClN. The normalized spacial score (nSPS) is 30.0. The van der Waals surface area contributed by atoms with Crippen LogP contribution in [-0.2, 0) is 0 Å². The van der Waals surface area contributed by atoms with E-state index in [0.29, 0.717) is 6.04 Å². The van der Waals surface area contributed by atoms with Crippen LogP contribution in [0, 0.1) is 11.8 Å². The van der Waals surface area contributed by atoms with Gasteiger partial charge in [0.05, 0.1) is 0 Å². The van der Waals surface area contributed by atoms with Gasteiger partial charge in [0.2, 0.25) is 0 Å². The number of hydrogen-bond acceptors (Lipinski definition) is 1. The summed E-state index contributed by atoms with van der Waals surface area (Å²) in [6.45, 7) is 5.63. The van der Waals surface area contributed by atoms with Crippen LogP contribution in [0.15, 0.2) is 0 Å². The van der Waals surface area contributed by atoms with Gasteiger partial charge in [0.15, 0.2) is 0 Å². The molecule has 0 aromatic carbocycles. The Balaban J connectivity index is 2.21. The van der Waals surface area contributed by atoms with Crippen molar-refractivity contribution in [2.75, 3.05) is 12.4 Å². The Kier molecular flexibility index (Phi) is 4.38. The Bertz CT molecular complexity index is 125. The first-order chi connectivity index (χ1) is 5.74. The molecule has 0 saturated heterocycles. The van der Waals surface area contributed by atoms with Gasteiger partial charge in [0.1, 0.15) is 0 Å². The molecule has 72 valence electrons. The molecule has 2 heteroatoms. The second-order valence-electron chi connectivity index (χ2n) is 4.25. The van der Waals surface area contributed by atoms with Crippen LogP contribution < -0.4 is 5.32 Å². The van der Waals surface area contributed by atoms with Crippen molar-refractivity contribution < 1.29 is 0 Å². The molecule has 1 nitrogen and oxygen atoms in total. The summed E-state index contributed by atoms with van der Waals surface area (Å²) in [7, 11) is 0. The van der Waals surface area contributed by atoms with Gasteiger partial charge < -0.3 is 5.32 Å². The summed E-state index contributed by atoms with van der Waals surface area (Å²) in [6, 6.07) is 0.699. The van der Waals surface area contributed by atoms with E-state index < -0.39 is 0 Å². The van der Waals surface area contributed by atoms with Crippen molar-refractivity contribution in [2.24, 2.45) is 11.8 Å². The van der Waals surface area contributed by atoms with Crippen LogP contribution in [-0.4, -0.2) is 18.5 Å². The number of nitrogens with one attached hydrogen (secondary N) is 1. The summed E-state index contributed by atoms with van der Waals surface area (Å²) >= 11 is 5.88. The van der Waals surface area contributed by atoms with Crippen molar-refractivity contribution in [3.8, 4) is 0 Å². The molecule has 12 heavy (non-hydrogen) atoms. The van der Waals surface area contributed by atoms with Gasteiger partial charge in [-0.15, -0.1) is 11.6 Å². The van der Waals surface area contributed by atoms with E-state index in [9.17, 15) is 0 Å². The van der Waals surface area contributed by atoms with Crippen molar-refractivity contribution in [3.05, 3.63) is 0 Å². The Morgan fingerprint density at radius 3 is 2.75 bits per heavy atom. The molecule has 1 N–H and O–H groups in total. The first-order valence-corrected chi connectivity index (χ1v) is 5.57. The monoisotopic (exact) mass is 189 g/mol. The van der Waals surface area contributed by atoms with Crippen LogP contribution in [0.1, 0.15) is 33.1 Å². The summed E-state index contributed by atoms with van der Waals surface area (Å²) in [6.07, 6.45) is 4.00. The first-order valence-electron chi connectivity index (χ1n) is 5.03. The van der Waals surface area contributed by atoms with Gasteiger partial charge >= 0.3 is 0 Å². The summed E-state index contributed by atoms with van der Waals surface area (Å²) < 4.78 is 0. The van der Waals surface area contributed by atoms with E-state index in [1.165, 1.54) is 19.3 Å². The zero-order valence-electron chi connectivity index (χ0n) is 8.15. The van der Waals surface area contributed by atoms with Crippen LogP contribution in [0.3, 0.4) is 0 Å². The molecule has 0 spiro atoms. The smallest absolute Gasteiger partial charge is 0.0266 e. The summed E-state index contributed by atoms with van der Waals surface area (Å²) in [5.74, 6) is 2.31. The second-order valence-corrected chi connectivity index (χ2v) is 4.56. The van der Waals surface area contributed by atoms with E-state index >= 15 is 0 Å². The van der Waals surface area contributed by atoms with Crippen molar-refractivity contribution in [2.45, 2.75) is 39.2 Å². The van der Waals surface area contributed by atoms with E-state index in [2.05, 4.69) is 19.2 Å². The van der Waals surface area contributed by atoms with Crippen LogP contribution in [0.5, 0.6) is 0 Å². The summed E-state index contributed by atoms with van der Waals surface area (Å²) in [4.78, 5) is 0. The highest BCUT2D eigenvalue weighted by atomic mass is 35.5. The second kappa shape index (κ2) is 5.08. The lowest BCUT2D eigenvalue weighted by molar-refractivity contribution is 0.403. The van der Waals surface area contributed by atoms with Gasteiger partial charge in [-0.2, -0.15) is 0 Å². The molecule has 0 amide bonds. The molecule has 1 rings (SSSR count). The quantitative estimate of drug-likeness (QED) is 0.671. The summed E-state index contributed by atoms with van der Waals surface area (Å²) in [5, 5.41) is 3.60. The van der Waals surface area contributed by atoms with Crippen molar-refractivity contribution in [3.63, 3.8) is 0 Å². The fourth-order valence-electron chi connectivity index (χ4n) is 1.88. The third-order valence-corrected chi connectivity index (χ3v) is 3.04. The first kappa shape index (κ1) is 10.3. The third-order valence-electron chi connectivity index (χ3n) is 2.65. The van der Waals surface area contributed by atoms with Crippen LogP contribution in [0.2, 0.25) is 0 Å². The highest BCUT2D eigenvalue weighted by Crippen LogP contribution is 2.26. The Morgan fingerprint density at radius 1 is 1.42 bits per heavy atom. The molecule has 2 atom stereocenters. The van der Waals surface area contributed by atoms with Gasteiger partial charge in [-0.3, -0.25) is 0 Å². The predicted octanol–water partition coefficient (Wildman–Crippen LogP) is 2.64. The summed E-state index contributed by atoms with van der Waals surface area (Å²) in [5.41, 5.74) is 0. The molecule has 0 aliphatic heterocycles. The van der Waals surface area contributed by atoms with E-state index in [4.69, 9.17) is 11.6 Å². The van der Waals surface area contributed by atoms with E-state index in [-0.39, 0.29) is 0 Å². The Labute approximate surface area is 80.9 Å². The standard InChI is InChI=1S/C10H20ClN/c1-8(2)7-12-10-5-3-4-9(10)6-11/h8-10,12H,3-7H2,1-2H3. The molecular weight excluding hydrogens is 170 g/mol. The maximum Gasteiger partial charge on any atom is 0.0266 e.